The second kappa shape index (κ2) is 5.48. The van der Waals surface area contributed by atoms with Gasteiger partial charge in [0, 0.05) is 10.9 Å². The van der Waals surface area contributed by atoms with Crippen LogP contribution in [-0.2, 0) is 16.8 Å². The zero-order valence-corrected chi connectivity index (χ0v) is 11.6. The number of carbonyl (C=O) groups excluding carboxylic acids is 1. The van der Waals surface area contributed by atoms with Crippen molar-refractivity contribution >= 4 is 17.2 Å². The van der Waals surface area contributed by atoms with Crippen LogP contribution < -0.4 is 5.32 Å². The highest BCUT2D eigenvalue weighted by molar-refractivity contribution is 7.07. The van der Waals surface area contributed by atoms with Crippen LogP contribution >= 0.6 is 11.3 Å². The maximum Gasteiger partial charge on any atom is 0.226 e. The predicted octanol–water partition coefficient (Wildman–Crippen LogP) is 2.88. The SMILES string of the molecule is CC(C)(NC(=O)Cc1cscn1)c1ccccc1F. The number of halogens is 1. The maximum atomic E-state index is 13.8. The van der Waals surface area contributed by atoms with E-state index in [0.717, 1.165) is 5.69 Å². The Hall–Kier alpha value is -1.75. The van der Waals surface area contributed by atoms with Gasteiger partial charge in [-0.15, -0.1) is 11.3 Å². The predicted molar refractivity (Wildman–Crippen MR) is 73.4 cm³/mol. The Bertz CT molecular complexity index is 567. The molecule has 1 aromatic heterocycles. The summed E-state index contributed by atoms with van der Waals surface area (Å²) in [5.74, 6) is -0.486. The molecule has 0 bridgehead atoms. The number of carbonyl (C=O) groups is 1. The van der Waals surface area contributed by atoms with Crippen LogP contribution in [0.5, 0.6) is 0 Å². The van der Waals surface area contributed by atoms with Crippen molar-refractivity contribution in [1.82, 2.24) is 10.3 Å². The molecule has 2 rings (SSSR count). The molecule has 0 radical (unpaired) electrons. The summed E-state index contributed by atoms with van der Waals surface area (Å²) >= 11 is 1.45. The molecule has 100 valence electrons. The highest BCUT2D eigenvalue weighted by Gasteiger charge is 2.25. The third-order valence-corrected chi connectivity index (χ3v) is 3.46. The first-order chi connectivity index (χ1) is 8.99. The van der Waals surface area contributed by atoms with Gasteiger partial charge in [-0.05, 0) is 19.9 Å². The molecule has 1 aromatic carbocycles. The molecule has 1 amide bonds. The highest BCUT2D eigenvalue weighted by atomic mass is 32.1. The Kier molecular flexibility index (Phi) is 3.95. The van der Waals surface area contributed by atoms with Crippen LogP contribution in [0.2, 0.25) is 0 Å². The van der Waals surface area contributed by atoms with Crippen LogP contribution in [-0.4, -0.2) is 10.9 Å². The lowest BCUT2D eigenvalue weighted by atomic mass is 9.93. The molecule has 1 N–H and O–H groups in total. The smallest absolute Gasteiger partial charge is 0.226 e. The van der Waals surface area contributed by atoms with E-state index in [1.165, 1.54) is 17.4 Å². The Morgan fingerprint density at radius 2 is 2.16 bits per heavy atom. The number of aromatic nitrogens is 1. The van der Waals surface area contributed by atoms with E-state index in [-0.39, 0.29) is 18.1 Å². The number of hydrogen-bond donors (Lipinski definition) is 1. The molecule has 3 nitrogen and oxygen atoms in total. The Morgan fingerprint density at radius 3 is 2.79 bits per heavy atom. The van der Waals surface area contributed by atoms with Crippen LogP contribution in [0.15, 0.2) is 35.2 Å². The zero-order chi connectivity index (χ0) is 13.9. The molecule has 19 heavy (non-hydrogen) atoms. The number of thiazole rings is 1. The second-order valence-corrected chi connectivity index (χ2v) is 5.53. The van der Waals surface area contributed by atoms with Crippen LogP contribution in [0.4, 0.5) is 4.39 Å². The first kappa shape index (κ1) is 13.7. The minimum Gasteiger partial charge on any atom is -0.347 e. The van der Waals surface area contributed by atoms with Crippen molar-refractivity contribution in [2.24, 2.45) is 0 Å². The van der Waals surface area contributed by atoms with E-state index in [0.29, 0.717) is 5.56 Å². The number of amides is 1. The lowest BCUT2D eigenvalue weighted by Crippen LogP contribution is -2.42. The van der Waals surface area contributed by atoms with Crippen molar-refractivity contribution in [3.8, 4) is 0 Å². The van der Waals surface area contributed by atoms with Crippen molar-refractivity contribution in [3.63, 3.8) is 0 Å². The van der Waals surface area contributed by atoms with E-state index >= 15 is 0 Å². The first-order valence-electron chi connectivity index (χ1n) is 5.92. The minimum absolute atomic E-state index is 0.167. The van der Waals surface area contributed by atoms with Crippen molar-refractivity contribution in [3.05, 3.63) is 52.2 Å². The summed E-state index contributed by atoms with van der Waals surface area (Å²) in [6.07, 6.45) is 0.210. The largest absolute Gasteiger partial charge is 0.347 e. The molecule has 1 heterocycles. The molecule has 0 saturated heterocycles. The first-order valence-corrected chi connectivity index (χ1v) is 6.86. The van der Waals surface area contributed by atoms with E-state index in [2.05, 4.69) is 10.3 Å². The highest BCUT2D eigenvalue weighted by Crippen LogP contribution is 2.22. The van der Waals surface area contributed by atoms with Gasteiger partial charge in [-0.25, -0.2) is 9.37 Å². The molecule has 0 aliphatic carbocycles. The summed E-state index contributed by atoms with van der Waals surface area (Å²) < 4.78 is 13.8. The van der Waals surface area contributed by atoms with Crippen LogP contribution in [0.3, 0.4) is 0 Å². The average Bonchev–Trinajstić information content (AvgIpc) is 2.81. The standard InChI is InChI=1S/C14H15FN2OS/c1-14(2,11-5-3-4-6-12(11)15)17-13(18)7-10-8-19-9-16-10/h3-6,8-9H,7H2,1-2H3,(H,17,18). The van der Waals surface area contributed by atoms with Gasteiger partial charge in [0.25, 0.3) is 0 Å². The van der Waals surface area contributed by atoms with Gasteiger partial charge in [0.1, 0.15) is 5.82 Å². The molecule has 0 fully saturated rings. The summed E-state index contributed by atoms with van der Waals surface area (Å²) in [5, 5.41) is 4.67. The van der Waals surface area contributed by atoms with Crippen molar-refractivity contribution in [2.75, 3.05) is 0 Å². The van der Waals surface area contributed by atoms with Gasteiger partial charge in [0.05, 0.1) is 23.2 Å². The normalized spacial score (nSPS) is 11.3. The third kappa shape index (κ3) is 3.38. The number of rotatable bonds is 4. The quantitative estimate of drug-likeness (QED) is 0.934. The topological polar surface area (TPSA) is 42.0 Å². The Labute approximate surface area is 115 Å². The number of hydrogen-bond acceptors (Lipinski definition) is 3. The van der Waals surface area contributed by atoms with E-state index in [9.17, 15) is 9.18 Å². The molecule has 0 saturated carbocycles. The Morgan fingerprint density at radius 1 is 1.42 bits per heavy atom. The number of benzene rings is 1. The van der Waals surface area contributed by atoms with Gasteiger partial charge >= 0.3 is 0 Å². The Balaban J connectivity index is 2.09. The van der Waals surface area contributed by atoms with Crippen molar-refractivity contribution in [1.29, 1.82) is 0 Å². The summed E-state index contributed by atoms with van der Waals surface area (Å²) in [5.41, 5.74) is 2.14. The summed E-state index contributed by atoms with van der Waals surface area (Å²) in [7, 11) is 0. The summed E-state index contributed by atoms with van der Waals surface area (Å²) in [6, 6.07) is 6.46. The van der Waals surface area contributed by atoms with Gasteiger partial charge in [-0.3, -0.25) is 4.79 Å². The van der Waals surface area contributed by atoms with E-state index in [4.69, 9.17) is 0 Å². The zero-order valence-electron chi connectivity index (χ0n) is 10.8. The van der Waals surface area contributed by atoms with Gasteiger partial charge in [0.15, 0.2) is 0 Å². The van der Waals surface area contributed by atoms with Gasteiger partial charge in [0.2, 0.25) is 5.91 Å². The molecule has 0 spiro atoms. The lowest BCUT2D eigenvalue weighted by Gasteiger charge is -2.27. The minimum atomic E-state index is -0.752. The molecule has 0 aliphatic heterocycles. The fourth-order valence-corrected chi connectivity index (χ4v) is 2.48. The molecule has 0 atom stereocenters. The number of nitrogens with one attached hydrogen (secondary N) is 1. The third-order valence-electron chi connectivity index (χ3n) is 2.82. The fraction of sp³-hybridized carbons (Fsp3) is 0.286. The fourth-order valence-electron chi connectivity index (χ4n) is 1.92. The van der Waals surface area contributed by atoms with Crippen LogP contribution in [0.25, 0.3) is 0 Å². The molecule has 0 unspecified atom stereocenters. The number of nitrogens with zero attached hydrogens (tertiary/aromatic N) is 1. The second-order valence-electron chi connectivity index (χ2n) is 4.81. The van der Waals surface area contributed by atoms with Crippen LogP contribution in [0, 0.1) is 5.82 Å². The van der Waals surface area contributed by atoms with E-state index < -0.39 is 5.54 Å². The summed E-state index contributed by atoms with van der Waals surface area (Å²) in [6.45, 7) is 3.56. The summed E-state index contributed by atoms with van der Waals surface area (Å²) in [4.78, 5) is 16.0. The molecule has 0 aliphatic rings. The molecular weight excluding hydrogens is 263 g/mol. The van der Waals surface area contributed by atoms with E-state index in [1.54, 1.807) is 37.6 Å². The molecule has 5 heteroatoms. The molecular formula is C14H15FN2OS. The van der Waals surface area contributed by atoms with E-state index in [1.807, 2.05) is 5.38 Å². The maximum absolute atomic E-state index is 13.8. The van der Waals surface area contributed by atoms with Gasteiger partial charge in [-0.2, -0.15) is 0 Å². The van der Waals surface area contributed by atoms with Gasteiger partial charge < -0.3 is 5.32 Å². The average molecular weight is 278 g/mol. The van der Waals surface area contributed by atoms with Crippen LogP contribution in [0.1, 0.15) is 25.1 Å². The van der Waals surface area contributed by atoms with Gasteiger partial charge in [-0.1, -0.05) is 18.2 Å². The van der Waals surface area contributed by atoms with Crippen molar-refractivity contribution < 1.29 is 9.18 Å². The molecule has 2 aromatic rings. The monoisotopic (exact) mass is 278 g/mol. The van der Waals surface area contributed by atoms with Crippen molar-refractivity contribution in [2.45, 2.75) is 25.8 Å². The lowest BCUT2D eigenvalue weighted by molar-refractivity contribution is -0.122.